The lowest BCUT2D eigenvalue weighted by molar-refractivity contribution is -0.120. The molecule has 0 bridgehead atoms. The molecule has 0 fully saturated rings. The molecule has 0 aliphatic carbocycles. The van der Waals surface area contributed by atoms with Gasteiger partial charge in [-0.15, -0.1) is 0 Å². The lowest BCUT2D eigenvalue weighted by Gasteiger charge is -2.07. The van der Waals surface area contributed by atoms with Crippen molar-refractivity contribution in [1.82, 2.24) is 10.6 Å². The van der Waals surface area contributed by atoms with Crippen LogP contribution in [0.3, 0.4) is 0 Å². The van der Waals surface area contributed by atoms with Crippen LogP contribution >= 0.6 is 0 Å². The predicted molar refractivity (Wildman–Crippen MR) is 86.6 cm³/mol. The van der Waals surface area contributed by atoms with Crippen LogP contribution in [0.4, 0.5) is 0 Å². The lowest BCUT2D eigenvalue weighted by atomic mass is 10.1. The van der Waals surface area contributed by atoms with Gasteiger partial charge in [0, 0.05) is 19.2 Å². The molecule has 2 aromatic carbocycles. The van der Waals surface area contributed by atoms with E-state index in [-0.39, 0.29) is 11.8 Å². The van der Waals surface area contributed by atoms with E-state index < -0.39 is 0 Å². The van der Waals surface area contributed by atoms with Gasteiger partial charge in [0.15, 0.2) is 0 Å². The average Bonchev–Trinajstić information content (AvgIpc) is 2.55. The summed E-state index contributed by atoms with van der Waals surface area (Å²) in [4.78, 5) is 23.4. The van der Waals surface area contributed by atoms with Gasteiger partial charge in [0.2, 0.25) is 5.91 Å². The van der Waals surface area contributed by atoms with Crippen LogP contribution in [0.15, 0.2) is 48.5 Å². The molecule has 0 aliphatic heterocycles. The van der Waals surface area contributed by atoms with E-state index >= 15 is 0 Å². The highest BCUT2D eigenvalue weighted by atomic mass is 16.2. The third kappa shape index (κ3) is 4.45. The van der Waals surface area contributed by atoms with E-state index in [2.05, 4.69) is 10.6 Å². The number of carbonyl (C=O) groups is 2. The molecule has 0 aromatic heterocycles. The maximum absolute atomic E-state index is 11.9. The SMILES string of the molecule is CNC(=O)c1ccc(CNC(=O)Cc2ccc(C)cc2)cc1. The van der Waals surface area contributed by atoms with E-state index in [1.807, 2.05) is 43.3 Å². The van der Waals surface area contributed by atoms with Gasteiger partial charge in [0.1, 0.15) is 0 Å². The molecule has 0 spiro atoms. The molecule has 0 radical (unpaired) electrons. The maximum atomic E-state index is 11.9. The highest BCUT2D eigenvalue weighted by Gasteiger charge is 2.05. The Hall–Kier alpha value is -2.62. The Balaban J connectivity index is 1.85. The lowest BCUT2D eigenvalue weighted by Crippen LogP contribution is -2.24. The summed E-state index contributed by atoms with van der Waals surface area (Å²) >= 11 is 0. The highest BCUT2D eigenvalue weighted by molar-refractivity contribution is 5.93. The summed E-state index contributed by atoms with van der Waals surface area (Å²) < 4.78 is 0. The van der Waals surface area contributed by atoms with Gasteiger partial charge in [-0.25, -0.2) is 0 Å². The second-order valence-electron chi connectivity index (χ2n) is 5.22. The van der Waals surface area contributed by atoms with Crippen molar-refractivity contribution < 1.29 is 9.59 Å². The summed E-state index contributed by atoms with van der Waals surface area (Å²) in [7, 11) is 1.60. The zero-order valence-corrected chi connectivity index (χ0v) is 12.8. The normalized spacial score (nSPS) is 10.1. The number of hydrogen-bond acceptors (Lipinski definition) is 2. The molecule has 0 heterocycles. The topological polar surface area (TPSA) is 58.2 Å². The number of rotatable bonds is 5. The Kier molecular flexibility index (Phi) is 5.31. The van der Waals surface area contributed by atoms with E-state index in [1.54, 1.807) is 19.2 Å². The van der Waals surface area contributed by atoms with E-state index in [0.717, 1.165) is 11.1 Å². The molecule has 0 saturated heterocycles. The summed E-state index contributed by atoms with van der Waals surface area (Å²) in [5.41, 5.74) is 3.75. The number of carbonyl (C=O) groups excluding carboxylic acids is 2. The fourth-order valence-electron chi connectivity index (χ4n) is 2.07. The van der Waals surface area contributed by atoms with Crippen LogP contribution in [-0.4, -0.2) is 18.9 Å². The van der Waals surface area contributed by atoms with Crippen LogP contribution < -0.4 is 10.6 Å². The molecule has 2 N–H and O–H groups in total. The second kappa shape index (κ2) is 7.41. The molecule has 0 aliphatic rings. The van der Waals surface area contributed by atoms with Crippen LogP contribution in [0, 0.1) is 6.92 Å². The number of nitrogens with one attached hydrogen (secondary N) is 2. The van der Waals surface area contributed by atoms with Gasteiger partial charge < -0.3 is 10.6 Å². The fourth-order valence-corrected chi connectivity index (χ4v) is 2.07. The van der Waals surface area contributed by atoms with E-state index in [1.165, 1.54) is 5.56 Å². The van der Waals surface area contributed by atoms with Gasteiger partial charge in [-0.3, -0.25) is 9.59 Å². The largest absolute Gasteiger partial charge is 0.355 e. The standard InChI is InChI=1S/C18H20N2O2/c1-13-3-5-14(6-4-13)11-17(21)20-12-15-7-9-16(10-8-15)18(22)19-2/h3-10H,11-12H2,1-2H3,(H,19,22)(H,20,21). The molecule has 0 unspecified atom stereocenters. The average molecular weight is 296 g/mol. The summed E-state index contributed by atoms with van der Waals surface area (Å²) in [6, 6.07) is 15.1. The summed E-state index contributed by atoms with van der Waals surface area (Å²) in [5.74, 6) is -0.130. The number of hydrogen-bond donors (Lipinski definition) is 2. The van der Waals surface area contributed by atoms with Crippen LogP contribution in [0.2, 0.25) is 0 Å². The van der Waals surface area contributed by atoms with E-state index in [0.29, 0.717) is 18.5 Å². The maximum Gasteiger partial charge on any atom is 0.251 e. The van der Waals surface area contributed by atoms with Crippen LogP contribution in [0.5, 0.6) is 0 Å². The van der Waals surface area contributed by atoms with Gasteiger partial charge in [0.25, 0.3) is 5.91 Å². The molecule has 2 amide bonds. The fraction of sp³-hybridized carbons (Fsp3) is 0.222. The smallest absolute Gasteiger partial charge is 0.251 e. The molecule has 2 aromatic rings. The highest BCUT2D eigenvalue weighted by Crippen LogP contribution is 2.06. The van der Waals surface area contributed by atoms with Crippen molar-refractivity contribution in [3.05, 3.63) is 70.8 Å². The Bertz CT molecular complexity index is 646. The molecule has 4 heteroatoms. The number of aryl methyl sites for hydroxylation is 1. The molecule has 0 atom stereocenters. The van der Waals surface area contributed by atoms with Gasteiger partial charge in [0.05, 0.1) is 6.42 Å². The first-order chi connectivity index (χ1) is 10.6. The van der Waals surface area contributed by atoms with Crippen molar-refractivity contribution in [2.45, 2.75) is 19.9 Å². The van der Waals surface area contributed by atoms with Crippen LogP contribution in [0.1, 0.15) is 27.0 Å². The molecule has 2 rings (SSSR count). The second-order valence-corrected chi connectivity index (χ2v) is 5.22. The van der Waals surface area contributed by atoms with Crippen molar-refractivity contribution in [3.63, 3.8) is 0 Å². The Morgan fingerprint density at radius 3 is 2.09 bits per heavy atom. The third-order valence-electron chi connectivity index (χ3n) is 3.42. The monoisotopic (exact) mass is 296 g/mol. The Morgan fingerprint density at radius 2 is 1.50 bits per heavy atom. The first-order valence-electron chi connectivity index (χ1n) is 7.22. The first kappa shape index (κ1) is 15.8. The predicted octanol–water partition coefficient (Wildman–Crippen LogP) is 2.21. The molecule has 22 heavy (non-hydrogen) atoms. The van der Waals surface area contributed by atoms with Crippen molar-refractivity contribution in [2.24, 2.45) is 0 Å². The number of amides is 2. The van der Waals surface area contributed by atoms with Crippen molar-refractivity contribution in [1.29, 1.82) is 0 Å². The van der Waals surface area contributed by atoms with Crippen molar-refractivity contribution in [3.8, 4) is 0 Å². The number of benzene rings is 2. The van der Waals surface area contributed by atoms with Gasteiger partial charge >= 0.3 is 0 Å². The zero-order valence-electron chi connectivity index (χ0n) is 12.8. The summed E-state index contributed by atoms with van der Waals surface area (Å²) in [6.07, 6.45) is 0.372. The van der Waals surface area contributed by atoms with Crippen LogP contribution in [0.25, 0.3) is 0 Å². The van der Waals surface area contributed by atoms with Crippen molar-refractivity contribution >= 4 is 11.8 Å². The quantitative estimate of drug-likeness (QED) is 0.889. The molecule has 0 saturated carbocycles. The van der Waals surface area contributed by atoms with Crippen molar-refractivity contribution in [2.75, 3.05) is 7.05 Å². The summed E-state index contributed by atoms with van der Waals surface area (Å²) in [6.45, 7) is 2.48. The Morgan fingerprint density at radius 1 is 0.909 bits per heavy atom. The minimum absolute atomic E-state index is 0.0146. The van der Waals surface area contributed by atoms with E-state index in [9.17, 15) is 9.59 Å². The van der Waals surface area contributed by atoms with E-state index in [4.69, 9.17) is 0 Å². The molecular weight excluding hydrogens is 276 g/mol. The van der Waals surface area contributed by atoms with Crippen LogP contribution in [-0.2, 0) is 17.8 Å². The summed E-state index contributed by atoms with van der Waals surface area (Å²) in [5, 5.41) is 5.46. The molecule has 114 valence electrons. The third-order valence-corrected chi connectivity index (χ3v) is 3.42. The first-order valence-corrected chi connectivity index (χ1v) is 7.22. The van der Waals surface area contributed by atoms with Gasteiger partial charge in [-0.1, -0.05) is 42.0 Å². The zero-order chi connectivity index (χ0) is 15.9. The van der Waals surface area contributed by atoms with Gasteiger partial charge in [-0.05, 0) is 30.2 Å². The Labute approximate surface area is 130 Å². The van der Waals surface area contributed by atoms with Gasteiger partial charge in [-0.2, -0.15) is 0 Å². The molecular formula is C18H20N2O2. The minimum Gasteiger partial charge on any atom is -0.355 e. The molecule has 4 nitrogen and oxygen atoms in total. The minimum atomic E-state index is -0.116.